The van der Waals surface area contributed by atoms with Gasteiger partial charge in [0.2, 0.25) is 5.91 Å². The van der Waals surface area contributed by atoms with Crippen LogP contribution in [0.15, 0.2) is 24.3 Å². The molecule has 140 valence electrons. The Balaban J connectivity index is 1.55. The minimum atomic E-state index is -0.975. The number of para-hydroxylation sites is 1. The number of carbonyl (C=O) groups excluding carboxylic acids is 2. The van der Waals surface area contributed by atoms with Crippen molar-refractivity contribution in [3.63, 3.8) is 0 Å². The van der Waals surface area contributed by atoms with E-state index >= 15 is 0 Å². The molecule has 1 spiro atoms. The van der Waals surface area contributed by atoms with E-state index in [-0.39, 0.29) is 42.9 Å². The third kappa shape index (κ3) is 2.39. The van der Waals surface area contributed by atoms with E-state index in [0.717, 1.165) is 24.1 Å². The van der Waals surface area contributed by atoms with Crippen molar-refractivity contribution in [2.24, 2.45) is 5.92 Å². The molecular weight excluding hydrogens is 332 g/mol. The average Bonchev–Trinajstić information content (AvgIpc) is 3.29. The van der Waals surface area contributed by atoms with Gasteiger partial charge in [0.05, 0.1) is 30.9 Å². The van der Waals surface area contributed by atoms with Gasteiger partial charge in [-0.1, -0.05) is 25.1 Å². The summed E-state index contributed by atoms with van der Waals surface area (Å²) in [6.45, 7) is 2.74. The van der Waals surface area contributed by atoms with Gasteiger partial charge in [0.15, 0.2) is 5.60 Å². The van der Waals surface area contributed by atoms with E-state index in [4.69, 9.17) is 4.74 Å². The largest absolute Gasteiger partial charge is 0.394 e. The van der Waals surface area contributed by atoms with Gasteiger partial charge in [-0.3, -0.25) is 9.59 Å². The second kappa shape index (κ2) is 6.35. The summed E-state index contributed by atoms with van der Waals surface area (Å²) >= 11 is 0. The van der Waals surface area contributed by atoms with Crippen LogP contribution in [0, 0.1) is 5.92 Å². The normalized spacial score (nSPS) is 33.3. The molecule has 2 amide bonds. The minimum Gasteiger partial charge on any atom is -0.394 e. The lowest BCUT2D eigenvalue weighted by molar-refractivity contribution is -0.149. The van der Waals surface area contributed by atoms with Crippen LogP contribution < -0.4 is 4.90 Å². The van der Waals surface area contributed by atoms with E-state index in [1.807, 2.05) is 31.2 Å². The highest BCUT2D eigenvalue weighted by Crippen LogP contribution is 2.53. The maximum absolute atomic E-state index is 13.1. The van der Waals surface area contributed by atoms with Gasteiger partial charge in [-0.05, 0) is 25.3 Å². The highest BCUT2D eigenvalue weighted by Gasteiger charge is 2.59. The van der Waals surface area contributed by atoms with Crippen LogP contribution in [0.3, 0.4) is 0 Å². The summed E-state index contributed by atoms with van der Waals surface area (Å²) in [6, 6.07) is 7.67. The molecule has 1 N–H and O–H groups in total. The number of hydrogen-bond acceptors (Lipinski definition) is 4. The summed E-state index contributed by atoms with van der Waals surface area (Å²) < 4.78 is 6.33. The molecule has 0 aromatic heterocycles. The number of aliphatic hydroxyl groups excluding tert-OH is 1. The zero-order valence-electron chi connectivity index (χ0n) is 15.4. The molecule has 0 saturated carbocycles. The number of aliphatic hydroxyl groups is 1. The first-order chi connectivity index (χ1) is 12.5. The molecule has 0 radical (unpaired) electrons. The average molecular weight is 358 g/mol. The standard InChI is InChI=1S/C20H26N2O4/c1-13-10-15(11-18(24)22-9-5-6-14(22)12-23)26-20(13)16-7-3-4-8-17(16)21(2)19(20)25/h3-4,7-8,13-15,23H,5-6,9-12H2,1-2H3/t13-,14-,15-,20+/m0/s1. The third-order valence-electron chi connectivity index (χ3n) is 6.26. The van der Waals surface area contributed by atoms with Crippen molar-refractivity contribution in [2.45, 2.75) is 50.4 Å². The molecule has 1 aromatic carbocycles. The number of rotatable bonds is 3. The molecular formula is C20H26N2O4. The van der Waals surface area contributed by atoms with Gasteiger partial charge in [-0.25, -0.2) is 0 Å². The van der Waals surface area contributed by atoms with Gasteiger partial charge < -0.3 is 19.6 Å². The summed E-state index contributed by atoms with van der Waals surface area (Å²) in [7, 11) is 1.78. The molecule has 4 atom stereocenters. The molecule has 1 aromatic rings. The predicted octanol–water partition coefficient (Wildman–Crippen LogP) is 1.66. The fourth-order valence-corrected chi connectivity index (χ4v) is 4.92. The number of likely N-dealkylation sites (tertiary alicyclic amines) is 1. The zero-order chi connectivity index (χ0) is 18.5. The van der Waals surface area contributed by atoms with Crippen LogP contribution in [-0.4, -0.2) is 54.2 Å². The quantitative estimate of drug-likeness (QED) is 0.892. The predicted molar refractivity (Wildman–Crippen MR) is 96.6 cm³/mol. The van der Waals surface area contributed by atoms with Crippen molar-refractivity contribution < 1.29 is 19.4 Å². The molecule has 26 heavy (non-hydrogen) atoms. The highest BCUT2D eigenvalue weighted by molar-refractivity contribution is 6.07. The SMILES string of the molecule is C[C@H]1C[C@@H](CC(=O)N2CCC[C@H]2CO)O[C@]12C(=O)N(C)c1ccccc12. The van der Waals surface area contributed by atoms with Gasteiger partial charge >= 0.3 is 0 Å². The van der Waals surface area contributed by atoms with Crippen molar-refractivity contribution in [1.29, 1.82) is 0 Å². The van der Waals surface area contributed by atoms with Crippen LogP contribution in [0.1, 0.15) is 38.2 Å². The van der Waals surface area contributed by atoms with Crippen LogP contribution >= 0.6 is 0 Å². The minimum absolute atomic E-state index is 0.00566. The number of anilines is 1. The number of amides is 2. The van der Waals surface area contributed by atoms with E-state index < -0.39 is 5.60 Å². The lowest BCUT2D eigenvalue weighted by Gasteiger charge is -2.28. The van der Waals surface area contributed by atoms with E-state index in [2.05, 4.69) is 0 Å². The van der Waals surface area contributed by atoms with Gasteiger partial charge in [0.25, 0.3) is 5.91 Å². The summed E-state index contributed by atoms with van der Waals surface area (Å²) in [6.07, 6.45) is 2.45. The fourth-order valence-electron chi connectivity index (χ4n) is 4.92. The molecule has 2 saturated heterocycles. The Morgan fingerprint density at radius 1 is 1.38 bits per heavy atom. The molecule has 0 unspecified atom stereocenters. The molecule has 3 aliphatic heterocycles. The van der Waals surface area contributed by atoms with Gasteiger partial charge in [-0.2, -0.15) is 0 Å². The smallest absolute Gasteiger partial charge is 0.264 e. The van der Waals surface area contributed by atoms with Crippen LogP contribution in [0.25, 0.3) is 0 Å². The van der Waals surface area contributed by atoms with Crippen molar-refractivity contribution in [2.75, 3.05) is 25.1 Å². The van der Waals surface area contributed by atoms with E-state index in [1.54, 1.807) is 16.8 Å². The Kier molecular flexibility index (Phi) is 4.28. The molecule has 3 heterocycles. The lowest BCUT2D eigenvalue weighted by atomic mass is 9.83. The van der Waals surface area contributed by atoms with Crippen LogP contribution in [0.2, 0.25) is 0 Å². The first-order valence-corrected chi connectivity index (χ1v) is 9.44. The molecule has 3 aliphatic rings. The number of carbonyl (C=O) groups is 2. The molecule has 6 heteroatoms. The van der Waals surface area contributed by atoms with Crippen LogP contribution in [0.5, 0.6) is 0 Å². The second-order valence-electron chi connectivity index (χ2n) is 7.76. The van der Waals surface area contributed by atoms with Gasteiger partial charge in [0, 0.05) is 25.1 Å². The Bertz CT molecular complexity index is 736. The number of fused-ring (bicyclic) bond motifs is 2. The van der Waals surface area contributed by atoms with Crippen LogP contribution in [-0.2, 0) is 19.9 Å². The maximum Gasteiger partial charge on any atom is 0.264 e. The van der Waals surface area contributed by atoms with Crippen molar-refractivity contribution in [3.8, 4) is 0 Å². The number of ether oxygens (including phenoxy) is 1. The molecule has 4 rings (SSSR count). The van der Waals surface area contributed by atoms with E-state index in [0.29, 0.717) is 13.0 Å². The highest BCUT2D eigenvalue weighted by atomic mass is 16.5. The molecule has 0 aliphatic carbocycles. The Labute approximate surface area is 153 Å². The molecule has 2 fully saturated rings. The van der Waals surface area contributed by atoms with E-state index in [9.17, 15) is 14.7 Å². The van der Waals surface area contributed by atoms with Crippen molar-refractivity contribution in [3.05, 3.63) is 29.8 Å². The maximum atomic E-state index is 13.1. The zero-order valence-corrected chi connectivity index (χ0v) is 15.4. The monoisotopic (exact) mass is 358 g/mol. The Hall–Kier alpha value is -1.92. The van der Waals surface area contributed by atoms with Crippen LogP contribution in [0.4, 0.5) is 5.69 Å². The van der Waals surface area contributed by atoms with Crippen molar-refractivity contribution >= 4 is 17.5 Å². The Morgan fingerprint density at radius 3 is 2.92 bits per heavy atom. The number of likely N-dealkylation sites (N-methyl/N-ethyl adjacent to an activating group) is 1. The summed E-state index contributed by atoms with van der Waals surface area (Å²) in [5.74, 6) is -0.0236. The second-order valence-corrected chi connectivity index (χ2v) is 7.76. The summed E-state index contributed by atoms with van der Waals surface area (Å²) in [4.78, 5) is 29.2. The number of benzene rings is 1. The first kappa shape index (κ1) is 17.5. The lowest BCUT2D eigenvalue weighted by Crippen LogP contribution is -2.43. The molecule has 0 bridgehead atoms. The summed E-state index contributed by atoms with van der Waals surface area (Å²) in [5.41, 5.74) is 0.818. The topological polar surface area (TPSA) is 70.1 Å². The Morgan fingerprint density at radius 2 is 2.15 bits per heavy atom. The van der Waals surface area contributed by atoms with Crippen molar-refractivity contribution in [1.82, 2.24) is 4.90 Å². The fraction of sp³-hybridized carbons (Fsp3) is 0.600. The third-order valence-corrected chi connectivity index (χ3v) is 6.26. The summed E-state index contributed by atoms with van der Waals surface area (Å²) in [5, 5.41) is 9.45. The molecule has 6 nitrogen and oxygen atoms in total. The first-order valence-electron chi connectivity index (χ1n) is 9.44. The van der Waals surface area contributed by atoms with Gasteiger partial charge in [0.1, 0.15) is 0 Å². The van der Waals surface area contributed by atoms with Gasteiger partial charge in [-0.15, -0.1) is 0 Å². The number of hydrogen-bond donors (Lipinski definition) is 1. The van der Waals surface area contributed by atoms with E-state index in [1.165, 1.54) is 0 Å². The number of nitrogens with zero attached hydrogens (tertiary/aromatic N) is 2.